The first-order valence-electron chi connectivity index (χ1n) is 6.40. The van der Waals surface area contributed by atoms with Crippen LogP contribution in [0.15, 0.2) is 18.5 Å². The minimum atomic E-state index is 0.348. The van der Waals surface area contributed by atoms with Gasteiger partial charge in [0, 0.05) is 18.9 Å². The van der Waals surface area contributed by atoms with Crippen LogP contribution in [0.3, 0.4) is 0 Å². The van der Waals surface area contributed by atoms with Crippen LogP contribution >= 0.6 is 0 Å². The summed E-state index contributed by atoms with van der Waals surface area (Å²) in [5.74, 6) is 1.62. The van der Waals surface area contributed by atoms with E-state index in [0.717, 1.165) is 11.4 Å². The SMILES string of the molecule is CCOCc1nc(N)cc(NCc2cnc(C)cn2)n1. The molecule has 0 aliphatic heterocycles. The molecule has 0 amide bonds. The summed E-state index contributed by atoms with van der Waals surface area (Å²) in [6.45, 7) is 5.30. The van der Waals surface area contributed by atoms with Crippen molar-refractivity contribution in [2.45, 2.75) is 27.0 Å². The lowest BCUT2D eigenvalue weighted by atomic mass is 10.4. The number of nitrogen functional groups attached to an aromatic ring is 1. The molecule has 2 rings (SSSR count). The fourth-order valence-corrected chi connectivity index (χ4v) is 1.56. The summed E-state index contributed by atoms with van der Waals surface area (Å²) in [7, 11) is 0. The van der Waals surface area contributed by atoms with Crippen LogP contribution in [0.5, 0.6) is 0 Å². The summed E-state index contributed by atoms with van der Waals surface area (Å²) in [6.07, 6.45) is 3.46. The largest absolute Gasteiger partial charge is 0.384 e. The third-order valence-corrected chi connectivity index (χ3v) is 2.51. The molecule has 106 valence electrons. The van der Waals surface area contributed by atoms with Crippen molar-refractivity contribution < 1.29 is 4.74 Å². The number of nitrogens with zero attached hydrogens (tertiary/aromatic N) is 4. The molecule has 20 heavy (non-hydrogen) atoms. The van der Waals surface area contributed by atoms with Crippen LogP contribution in [0, 0.1) is 6.92 Å². The van der Waals surface area contributed by atoms with Crippen molar-refractivity contribution >= 4 is 11.6 Å². The first-order valence-corrected chi connectivity index (χ1v) is 6.40. The summed E-state index contributed by atoms with van der Waals surface area (Å²) >= 11 is 0. The fourth-order valence-electron chi connectivity index (χ4n) is 1.56. The zero-order valence-corrected chi connectivity index (χ0v) is 11.6. The molecule has 0 radical (unpaired) electrons. The van der Waals surface area contributed by atoms with Gasteiger partial charge in [-0.1, -0.05) is 0 Å². The molecule has 0 aliphatic rings. The summed E-state index contributed by atoms with van der Waals surface area (Å²) in [5, 5.41) is 3.15. The Morgan fingerprint density at radius 1 is 1.25 bits per heavy atom. The van der Waals surface area contributed by atoms with Crippen LogP contribution in [-0.2, 0) is 17.9 Å². The van der Waals surface area contributed by atoms with Gasteiger partial charge in [-0.15, -0.1) is 0 Å². The maximum atomic E-state index is 5.75. The van der Waals surface area contributed by atoms with Crippen LogP contribution in [-0.4, -0.2) is 26.5 Å². The predicted octanol–water partition coefficient (Wildman–Crippen LogP) is 1.31. The molecule has 0 unspecified atom stereocenters. The normalized spacial score (nSPS) is 10.5. The number of nitrogens with one attached hydrogen (secondary N) is 1. The number of anilines is 2. The van der Waals surface area contributed by atoms with Crippen LogP contribution in [0.2, 0.25) is 0 Å². The molecule has 0 saturated heterocycles. The average Bonchev–Trinajstić information content (AvgIpc) is 2.44. The minimum Gasteiger partial charge on any atom is -0.384 e. The number of rotatable bonds is 6. The Kier molecular flexibility index (Phi) is 4.78. The lowest BCUT2D eigenvalue weighted by molar-refractivity contribution is 0.128. The molecule has 0 fully saturated rings. The third kappa shape index (κ3) is 4.13. The van der Waals surface area contributed by atoms with E-state index in [4.69, 9.17) is 10.5 Å². The second-order valence-corrected chi connectivity index (χ2v) is 4.23. The molecule has 2 aromatic heterocycles. The van der Waals surface area contributed by atoms with Crippen molar-refractivity contribution in [1.29, 1.82) is 0 Å². The molecule has 2 heterocycles. The van der Waals surface area contributed by atoms with Crippen molar-refractivity contribution in [3.63, 3.8) is 0 Å². The summed E-state index contributed by atoms with van der Waals surface area (Å²) in [5.41, 5.74) is 7.47. The number of hydrogen-bond acceptors (Lipinski definition) is 7. The number of aromatic nitrogens is 4. The van der Waals surface area contributed by atoms with Gasteiger partial charge < -0.3 is 15.8 Å². The summed E-state index contributed by atoms with van der Waals surface area (Å²) in [4.78, 5) is 16.9. The van der Waals surface area contributed by atoms with E-state index in [1.54, 1.807) is 18.5 Å². The Bertz CT molecular complexity index is 557. The molecule has 7 heteroatoms. The summed E-state index contributed by atoms with van der Waals surface area (Å²) < 4.78 is 5.27. The smallest absolute Gasteiger partial charge is 0.158 e. The Hall–Kier alpha value is -2.28. The van der Waals surface area contributed by atoms with E-state index >= 15 is 0 Å². The number of hydrogen-bond donors (Lipinski definition) is 2. The zero-order chi connectivity index (χ0) is 14.4. The molecule has 2 aromatic rings. The van der Waals surface area contributed by atoms with Gasteiger partial charge >= 0.3 is 0 Å². The molecule has 0 saturated carbocycles. The highest BCUT2D eigenvalue weighted by atomic mass is 16.5. The predicted molar refractivity (Wildman–Crippen MR) is 75.9 cm³/mol. The monoisotopic (exact) mass is 274 g/mol. The molecule has 0 atom stereocenters. The van der Waals surface area contributed by atoms with Crippen molar-refractivity contribution in [2.75, 3.05) is 17.7 Å². The second-order valence-electron chi connectivity index (χ2n) is 4.23. The Labute approximate surface area is 117 Å². The van der Waals surface area contributed by atoms with Gasteiger partial charge in [0.25, 0.3) is 0 Å². The fraction of sp³-hybridized carbons (Fsp3) is 0.385. The zero-order valence-electron chi connectivity index (χ0n) is 11.6. The Morgan fingerprint density at radius 3 is 2.80 bits per heavy atom. The Morgan fingerprint density at radius 2 is 2.10 bits per heavy atom. The highest BCUT2D eigenvalue weighted by molar-refractivity contribution is 5.44. The molecule has 3 N–H and O–H groups in total. The van der Waals surface area contributed by atoms with Crippen molar-refractivity contribution in [1.82, 2.24) is 19.9 Å². The van der Waals surface area contributed by atoms with Crippen LogP contribution in [0.25, 0.3) is 0 Å². The topological polar surface area (TPSA) is 98.8 Å². The highest BCUT2D eigenvalue weighted by Gasteiger charge is 2.03. The van der Waals surface area contributed by atoms with Crippen LogP contribution in [0.4, 0.5) is 11.6 Å². The van der Waals surface area contributed by atoms with Gasteiger partial charge in [0.15, 0.2) is 5.82 Å². The third-order valence-electron chi connectivity index (χ3n) is 2.51. The van der Waals surface area contributed by atoms with Crippen molar-refractivity contribution in [2.24, 2.45) is 0 Å². The second kappa shape index (κ2) is 6.76. The number of aryl methyl sites for hydroxylation is 1. The van der Waals surface area contributed by atoms with E-state index in [-0.39, 0.29) is 0 Å². The Balaban J connectivity index is 2.01. The molecule has 0 bridgehead atoms. The molecule has 0 aromatic carbocycles. The van der Waals surface area contributed by atoms with Gasteiger partial charge in [-0.2, -0.15) is 0 Å². The maximum absolute atomic E-state index is 5.75. The first kappa shape index (κ1) is 14.1. The number of nitrogens with two attached hydrogens (primary N) is 1. The van der Waals surface area contributed by atoms with E-state index < -0.39 is 0 Å². The standard InChI is InChI=1S/C13H18N6O/c1-3-20-8-13-18-11(14)4-12(19-13)17-7-10-6-15-9(2)5-16-10/h4-6H,3,7-8H2,1-2H3,(H3,14,17,18,19). The van der Waals surface area contributed by atoms with Gasteiger partial charge in [0.1, 0.15) is 18.2 Å². The van der Waals surface area contributed by atoms with E-state index in [1.807, 2.05) is 13.8 Å². The van der Waals surface area contributed by atoms with Gasteiger partial charge in [-0.3, -0.25) is 9.97 Å². The van der Waals surface area contributed by atoms with Crippen molar-refractivity contribution in [3.8, 4) is 0 Å². The van der Waals surface area contributed by atoms with Crippen LogP contribution < -0.4 is 11.1 Å². The first-order chi connectivity index (χ1) is 9.67. The van der Waals surface area contributed by atoms with Crippen molar-refractivity contribution in [3.05, 3.63) is 35.7 Å². The minimum absolute atomic E-state index is 0.348. The van der Waals surface area contributed by atoms with Gasteiger partial charge in [0.05, 0.1) is 24.1 Å². The lowest BCUT2D eigenvalue weighted by Crippen LogP contribution is -2.08. The van der Waals surface area contributed by atoms with E-state index in [9.17, 15) is 0 Å². The summed E-state index contributed by atoms with van der Waals surface area (Å²) in [6, 6.07) is 1.68. The molecular formula is C13H18N6O. The quantitative estimate of drug-likeness (QED) is 0.819. The van der Waals surface area contributed by atoms with Gasteiger partial charge in [-0.25, -0.2) is 9.97 Å². The van der Waals surface area contributed by atoms with E-state index in [1.165, 1.54) is 0 Å². The lowest BCUT2D eigenvalue weighted by Gasteiger charge is -2.08. The average molecular weight is 274 g/mol. The van der Waals surface area contributed by atoms with E-state index in [0.29, 0.717) is 37.2 Å². The molecule has 0 aliphatic carbocycles. The van der Waals surface area contributed by atoms with Gasteiger partial charge in [-0.05, 0) is 13.8 Å². The van der Waals surface area contributed by atoms with Crippen LogP contribution in [0.1, 0.15) is 24.1 Å². The highest BCUT2D eigenvalue weighted by Crippen LogP contribution is 2.10. The molecular weight excluding hydrogens is 256 g/mol. The van der Waals surface area contributed by atoms with Gasteiger partial charge in [0.2, 0.25) is 0 Å². The van der Waals surface area contributed by atoms with E-state index in [2.05, 4.69) is 25.3 Å². The molecule has 0 spiro atoms. The molecule has 7 nitrogen and oxygen atoms in total. The number of ether oxygens (including phenoxy) is 1. The maximum Gasteiger partial charge on any atom is 0.158 e.